The van der Waals surface area contributed by atoms with Gasteiger partial charge in [-0.3, -0.25) is 19.6 Å². The molecule has 1 N–H and O–H groups in total. The quantitative estimate of drug-likeness (QED) is 0.378. The summed E-state index contributed by atoms with van der Waals surface area (Å²) in [6.45, 7) is 1.02. The predicted octanol–water partition coefficient (Wildman–Crippen LogP) is 1.66. The van der Waals surface area contributed by atoms with E-state index in [2.05, 4.69) is 15.4 Å². The molecular weight excluding hydrogens is 298 g/mol. The van der Waals surface area contributed by atoms with Crippen molar-refractivity contribution < 1.29 is 9.72 Å². The highest BCUT2D eigenvalue weighted by atomic mass is 35.5. The van der Waals surface area contributed by atoms with E-state index in [0.29, 0.717) is 19.5 Å². The molecule has 1 amide bonds. The van der Waals surface area contributed by atoms with E-state index in [-0.39, 0.29) is 10.7 Å². The third-order valence-electron chi connectivity index (χ3n) is 2.72. The highest BCUT2D eigenvalue weighted by Gasteiger charge is 2.24. The largest absolute Gasteiger partial charge is 0.352 e. The van der Waals surface area contributed by atoms with Crippen LogP contribution in [0.2, 0.25) is 5.15 Å². The first-order valence-electron chi connectivity index (χ1n) is 6.14. The molecule has 9 heteroatoms. The molecule has 0 bridgehead atoms. The number of halogens is 1. The summed E-state index contributed by atoms with van der Waals surface area (Å²) >= 11 is 5.65. The van der Waals surface area contributed by atoms with Crippen LogP contribution in [0.3, 0.4) is 0 Å². The van der Waals surface area contributed by atoms with E-state index in [4.69, 9.17) is 11.6 Å². The van der Waals surface area contributed by atoms with Gasteiger partial charge < -0.3 is 5.32 Å². The van der Waals surface area contributed by atoms with Crippen LogP contribution >= 0.6 is 11.6 Å². The fraction of sp³-hybridized carbons (Fsp3) is 0.250. The van der Waals surface area contributed by atoms with Gasteiger partial charge in [-0.15, -0.1) is 0 Å². The minimum absolute atomic E-state index is 0.0981. The van der Waals surface area contributed by atoms with E-state index < -0.39 is 16.5 Å². The highest BCUT2D eigenvalue weighted by Crippen LogP contribution is 2.25. The van der Waals surface area contributed by atoms with Crippen LogP contribution in [0, 0.1) is 10.1 Å². The summed E-state index contributed by atoms with van der Waals surface area (Å²) in [4.78, 5) is 25.8. The summed E-state index contributed by atoms with van der Waals surface area (Å²) in [6.07, 6.45) is 5.39. The maximum absolute atomic E-state index is 12.0. The monoisotopic (exact) mass is 309 g/mol. The number of nitrogens with zero attached hydrogens (tertiary/aromatic N) is 4. The molecule has 2 aromatic rings. The summed E-state index contributed by atoms with van der Waals surface area (Å²) in [6, 6.07) is 3.08. The van der Waals surface area contributed by atoms with Crippen molar-refractivity contribution in [2.24, 2.45) is 0 Å². The van der Waals surface area contributed by atoms with Crippen molar-refractivity contribution in [2.45, 2.75) is 13.0 Å². The first kappa shape index (κ1) is 14.9. The zero-order valence-corrected chi connectivity index (χ0v) is 11.7. The Labute approximate surface area is 124 Å². The Kier molecular flexibility index (Phi) is 4.83. The topological polar surface area (TPSA) is 103 Å². The van der Waals surface area contributed by atoms with Gasteiger partial charge >= 0.3 is 5.69 Å². The molecule has 0 atom stereocenters. The Hall–Kier alpha value is -2.48. The lowest BCUT2D eigenvalue weighted by molar-refractivity contribution is -0.385. The summed E-state index contributed by atoms with van der Waals surface area (Å²) in [5, 5.41) is 17.3. The predicted molar refractivity (Wildman–Crippen MR) is 75.1 cm³/mol. The third kappa shape index (κ3) is 3.76. The number of pyridine rings is 1. The van der Waals surface area contributed by atoms with Gasteiger partial charge in [-0.05, 0) is 18.6 Å². The first-order chi connectivity index (χ1) is 10.1. The van der Waals surface area contributed by atoms with Gasteiger partial charge in [0, 0.05) is 31.7 Å². The molecule has 0 unspecified atom stereocenters. The molecule has 0 saturated carbocycles. The van der Waals surface area contributed by atoms with E-state index in [1.54, 1.807) is 16.9 Å². The first-order valence-corrected chi connectivity index (χ1v) is 6.52. The SMILES string of the molecule is O=C(NCCCn1cccn1)c1ccnc(Cl)c1[N+](=O)[O-]. The second-order valence-electron chi connectivity index (χ2n) is 4.13. The van der Waals surface area contributed by atoms with Crippen LogP contribution in [-0.4, -0.2) is 32.1 Å². The Morgan fingerprint density at radius 3 is 2.95 bits per heavy atom. The Morgan fingerprint density at radius 2 is 2.29 bits per heavy atom. The minimum Gasteiger partial charge on any atom is -0.352 e. The second kappa shape index (κ2) is 6.80. The molecule has 0 saturated heterocycles. The van der Waals surface area contributed by atoms with Crippen molar-refractivity contribution in [1.82, 2.24) is 20.1 Å². The molecule has 0 aliphatic carbocycles. The number of hydrogen-bond acceptors (Lipinski definition) is 5. The van der Waals surface area contributed by atoms with Gasteiger partial charge in [0.05, 0.1) is 4.92 Å². The molecule has 21 heavy (non-hydrogen) atoms. The molecule has 0 spiro atoms. The smallest absolute Gasteiger partial charge is 0.319 e. The lowest BCUT2D eigenvalue weighted by Crippen LogP contribution is -2.26. The van der Waals surface area contributed by atoms with Gasteiger partial charge in [0.2, 0.25) is 5.15 Å². The standard InChI is InChI=1S/C12H12ClN5O3/c13-11-10(18(20)21)9(3-6-14-11)12(19)15-4-1-7-17-8-2-5-16-17/h2-3,5-6,8H,1,4,7H2,(H,15,19). The number of carbonyl (C=O) groups is 1. The number of nitro groups is 1. The normalized spacial score (nSPS) is 10.3. The number of rotatable bonds is 6. The summed E-state index contributed by atoms with van der Waals surface area (Å²) in [5.74, 6) is -0.550. The molecule has 0 radical (unpaired) electrons. The second-order valence-corrected chi connectivity index (χ2v) is 4.49. The minimum atomic E-state index is -0.714. The highest BCUT2D eigenvalue weighted by molar-refractivity contribution is 6.32. The molecule has 8 nitrogen and oxygen atoms in total. The van der Waals surface area contributed by atoms with Crippen LogP contribution in [0.5, 0.6) is 0 Å². The van der Waals surface area contributed by atoms with Crippen molar-refractivity contribution >= 4 is 23.2 Å². The third-order valence-corrected chi connectivity index (χ3v) is 2.99. The molecule has 0 aliphatic rings. The van der Waals surface area contributed by atoms with Crippen LogP contribution in [0.1, 0.15) is 16.8 Å². The fourth-order valence-electron chi connectivity index (χ4n) is 1.76. The van der Waals surface area contributed by atoms with Gasteiger partial charge in [0.15, 0.2) is 0 Å². The molecule has 0 aromatic carbocycles. The van der Waals surface area contributed by atoms with Crippen LogP contribution in [0.25, 0.3) is 0 Å². The molecule has 0 aliphatic heterocycles. The van der Waals surface area contributed by atoms with E-state index in [1.807, 2.05) is 6.20 Å². The number of carbonyl (C=O) groups excluding carboxylic acids is 1. The Balaban J connectivity index is 1.94. The summed E-state index contributed by atoms with van der Waals surface area (Å²) < 4.78 is 1.73. The molecule has 2 aromatic heterocycles. The zero-order chi connectivity index (χ0) is 15.2. The molecule has 110 valence electrons. The Morgan fingerprint density at radius 1 is 1.48 bits per heavy atom. The number of amides is 1. The van der Waals surface area contributed by atoms with Gasteiger partial charge in [-0.1, -0.05) is 11.6 Å². The van der Waals surface area contributed by atoms with Crippen molar-refractivity contribution in [2.75, 3.05) is 6.54 Å². The Bertz CT molecular complexity index is 644. The van der Waals surface area contributed by atoms with Crippen molar-refractivity contribution in [1.29, 1.82) is 0 Å². The maximum atomic E-state index is 12.0. The molecule has 2 heterocycles. The molecule has 0 fully saturated rings. The number of aryl methyl sites for hydroxylation is 1. The number of hydrogen-bond donors (Lipinski definition) is 1. The van der Waals surface area contributed by atoms with Gasteiger partial charge in [-0.25, -0.2) is 4.98 Å². The van der Waals surface area contributed by atoms with Crippen LogP contribution in [-0.2, 0) is 6.54 Å². The van der Waals surface area contributed by atoms with Crippen LogP contribution in [0.15, 0.2) is 30.7 Å². The lowest BCUT2D eigenvalue weighted by Gasteiger charge is -2.06. The number of aromatic nitrogens is 3. The molecular formula is C12H12ClN5O3. The van der Waals surface area contributed by atoms with Gasteiger partial charge in [0.1, 0.15) is 5.56 Å². The van der Waals surface area contributed by atoms with E-state index >= 15 is 0 Å². The van der Waals surface area contributed by atoms with Crippen LogP contribution in [0.4, 0.5) is 5.69 Å². The van der Waals surface area contributed by atoms with Gasteiger partial charge in [-0.2, -0.15) is 5.10 Å². The van der Waals surface area contributed by atoms with E-state index in [9.17, 15) is 14.9 Å². The summed E-state index contributed by atoms with van der Waals surface area (Å²) in [7, 11) is 0. The summed E-state index contributed by atoms with van der Waals surface area (Å²) in [5.41, 5.74) is -0.581. The fourth-order valence-corrected chi connectivity index (χ4v) is 1.98. The average molecular weight is 310 g/mol. The average Bonchev–Trinajstić information content (AvgIpc) is 2.95. The lowest BCUT2D eigenvalue weighted by atomic mass is 10.2. The zero-order valence-electron chi connectivity index (χ0n) is 10.9. The van der Waals surface area contributed by atoms with Crippen molar-refractivity contribution in [3.8, 4) is 0 Å². The molecule has 2 rings (SSSR count). The van der Waals surface area contributed by atoms with E-state index in [1.165, 1.54) is 12.3 Å². The number of nitrogens with one attached hydrogen (secondary N) is 1. The van der Waals surface area contributed by atoms with Gasteiger partial charge in [0.25, 0.3) is 5.91 Å². The van der Waals surface area contributed by atoms with Crippen LogP contribution < -0.4 is 5.32 Å². The van der Waals surface area contributed by atoms with Crippen molar-refractivity contribution in [3.05, 3.63) is 51.6 Å². The van der Waals surface area contributed by atoms with Crippen molar-refractivity contribution in [3.63, 3.8) is 0 Å². The maximum Gasteiger partial charge on any atom is 0.319 e. The van der Waals surface area contributed by atoms with E-state index in [0.717, 1.165) is 0 Å².